The summed E-state index contributed by atoms with van der Waals surface area (Å²) in [4.78, 5) is 6.31. The molecule has 1 aromatic rings. The highest BCUT2D eigenvalue weighted by Gasteiger charge is 2.24. The number of nitrogens with zero attached hydrogens (tertiary/aromatic N) is 2. The average molecular weight is 222 g/mol. The zero-order valence-corrected chi connectivity index (χ0v) is 9.26. The smallest absolute Gasteiger partial charge is 0.141 e. The molecule has 0 saturated heterocycles. The maximum absolute atomic E-state index is 9.10. The van der Waals surface area contributed by atoms with Crippen molar-refractivity contribution in [3.63, 3.8) is 0 Å². The minimum Gasteiger partial charge on any atom is -0.395 e. The van der Waals surface area contributed by atoms with Crippen molar-refractivity contribution in [2.24, 2.45) is 5.84 Å². The Morgan fingerprint density at radius 2 is 2.38 bits per heavy atom. The maximum atomic E-state index is 9.10. The van der Waals surface area contributed by atoms with Crippen LogP contribution in [0.25, 0.3) is 0 Å². The van der Waals surface area contributed by atoms with Gasteiger partial charge in [-0.3, -0.25) is 0 Å². The van der Waals surface area contributed by atoms with E-state index in [0.717, 1.165) is 5.69 Å². The quantitative estimate of drug-likeness (QED) is 0.505. The van der Waals surface area contributed by atoms with Gasteiger partial charge in [0.1, 0.15) is 5.82 Å². The first kappa shape index (κ1) is 11.2. The molecule has 1 aliphatic carbocycles. The molecule has 0 aromatic carbocycles. The lowest BCUT2D eigenvalue weighted by Gasteiger charge is -2.39. The van der Waals surface area contributed by atoms with E-state index < -0.39 is 0 Å². The Hall–Kier alpha value is -1.33. The molecule has 1 saturated carbocycles. The second-order valence-electron chi connectivity index (χ2n) is 4.05. The molecule has 0 atom stereocenters. The summed E-state index contributed by atoms with van der Waals surface area (Å²) >= 11 is 0. The molecule has 0 radical (unpaired) electrons. The Morgan fingerprint density at radius 3 is 2.94 bits per heavy atom. The highest BCUT2D eigenvalue weighted by molar-refractivity contribution is 5.54. The van der Waals surface area contributed by atoms with Gasteiger partial charge in [-0.25, -0.2) is 10.8 Å². The topological polar surface area (TPSA) is 74.4 Å². The van der Waals surface area contributed by atoms with Gasteiger partial charge in [-0.2, -0.15) is 0 Å². The van der Waals surface area contributed by atoms with Crippen molar-refractivity contribution in [2.75, 3.05) is 23.5 Å². The van der Waals surface area contributed by atoms with Crippen LogP contribution in [0.4, 0.5) is 11.5 Å². The highest BCUT2D eigenvalue weighted by atomic mass is 16.3. The second-order valence-corrected chi connectivity index (χ2v) is 4.05. The Bertz CT molecular complexity index is 341. The number of hydrazine groups is 1. The number of nitrogens with two attached hydrogens (primary N) is 1. The fraction of sp³-hybridized carbons (Fsp3) is 0.545. The van der Waals surface area contributed by atoms with Gasteiger partial charge in [-0.15, -0.1) is 0 Å². The number of anilines is 2. The lowest BCUT2D eigenvalue weighted by molar-refractivity contribution is 0.283. The molecule has 0 spiro atoms. The SMILES string of the molecule is NNc1cc(N(CCO)C2CCC2)ccn1. The van der Waals surface area contributed by atoms with Crippen LogP contribution in [0.5, 0.6) is 0 Å². The Kier molecular flexibility index (Phi) is 3.58. The molecule has 0 amide bonds. The average Bonchev–Trinajstić information content (AvgIpc) is 2.26. The molecule has 1 fully saturated rings. The zero-order chi connectivity index (χ0) is 11.4. The largest absolute Gasteiger partial charge is 0.395 e. The van der Waals surface area contributed by atoms with Crippen LogP contribution in [0.2, 0.25) is 0 Å². The van der Waals surface area contributed by atoms with Crippen LogP contribution in [0.1, 0.15) is 19.3 Å². The number of nitrogen functional groups attached to an aromatic ring is 1. The van der Waals surface area contributed by atoms with Gasteiger partial charge in [0, 0.05) is 30.5 Å². The van der Waals surface area contributed by atoms with E-state index in [9.17, 15) is 0 Å². The van der Waals surface area contributed by atoms with E-state index in [4.69, 9.17) is 10.9 Å². The van der Waals surface area contributed by atoms with Crippen LogP contribution in [0.3, 0.4) is 0 Å². The predicted molar refractivity (Wildman–Crippen MR) is 64.1 cm³/mol. The summed E-state index contributed by atoms with van der Waals surface area (Å²) < 4.78 is 0. The third-order valence-electron chi connectivity index (χ3n) is 3.08. The van der Waals surface area contributed by atoms with Gasteiger partial charge in [0.25, 0.3) is 0 Å². The van der Waals surface area contributed by atoms with Gasteiger partial charge in [0.05, 0.1) is 6.61 Å². The first-order chi connectivity index (χ1) is 7.85. The molecule has 0 bridgehead atoms. The molecule has 1 heterocycles. The van der Waals surface area contributed by atoms with Crippen molar-refractivity contribution >= 4 is 11.5 Å². The van der Waals surface area contributed by atoms with Crippen molar-refractivity contribution in [3.05, 3.63) is 18.3 Å². The van der Waals surface area contributed by atoms with Crippen LogP contribution in [0, 0.1) is 0 Å². The number of hydrogen-bond donors (Lipinski definition) is 3. The molecule has 1 aliphatic rings. The van der Waals surface area contributed by atoms with E-state index in [1.807, 2.05) is 12.1 Å². The summed E-state index contributed by atoms with van der Waals surface area (Å²) in [6.45, 7) is 0.836. The van der Waals surface area contributed by atoms with Crippen molar-refractivity contribution < 1.29 is 5.11 Å². The number of aliphatic hydroxyl groups excluding tert-OH is 1. The van der Waals surface area contributed by atoms with Crippen LogP contribution < -0.4 is 16.2 Å². The number of rotatable bonds is 5. The Balaban J connectivity index is 2.16. The van der Waals surface area contributed by atoms with E-state index >= 15 is 0 Å². The number of nitrogens with one attached hydrogen (secondary N) is 1. The molecular weight excluding hydrogens is 204 g/mol. The van der Waals surface area contributed by atoms with Gasteiger partial charge in [0.15, 0.2) is 0 Å². The summed E-state index contributed by atoms with van der Waals surface area (Å²) in [5, 5.41) is 9.10. The molecule has 5 heteroatoms. The summed E-state index contributed by atoms with van der Waals surface area (Å²) in [6.07, 6.45) is 5.41. The number of aliphatic hydroxyl groups is 1. The van der Waals surface area contributed by atoms with Crippen molar-refractivity contribution in [1.82, 2.24) is 4.98 Å². The minimum absolute atomic E-state index is 0.171. The van der Waals surface area contributed by atoms with Gasteiger partial charge in [-0.05, 0) is 25.3 Å². The van der Waals surface area contributed by atoms with Crippen molar-refractivity contribution in [1.29, 1.82) is 0 Å². The molecule has 5 nitrogen and oxygen atoms in total. The number of hydrogen-bond acceptors (Lipinski definition) is 5. The van der Waals surface area contributed by atoms with Crippen molar-refractivity contribution in [3.8, 4) is 0 Å². The summed E-state index contributed by atoms with van der Waals surface area (Å²) in [5.74, 6) is 5.99. The number of pyridine rings is 1. The Morgan fingerprint density at radius 1 is 1.56 bits per heavy atom. The van der Waals surface area contributed by atoms with Gasteiger partial charge in [-0.1, -0.05) is 0 Å². The minimum atomic E-state index is 0.171. The van der Waals surface area contributed by atoms with Crippen LogP contribution in [-0.4, -0.2) is 29.3 Å². The third-order valence-corrected chi connectivity index (χ3v) is 3.08. The lowest BCUT2D eigenvalue weighted by atomic mass is 9.91. The first-order valence-corrected chi connectivity index (χ1v) is 5.65. The molecule has 16 heavy (non-hydrogen) atoms. The van der Waals surface area contributed by atoms with Gasteiger partial charge < -0.3 is 15.4 Å². The zero-order valence-electron chi connectivity index (χ0n) is 9.26. The van der Waals surface area contributed by atoms with Crippen LogP contribution >= 0.6 is 0 Å². The van der Waals surface area contributed by atoms with Gasteiger partial charge >= 0.3 is 0 Å². The summed E-state index contributed by atoms with van der Waals surface area (Å²) in [5.41, 5.74) is 3.61. The second kappa shape index (κ2) is 5.14. The van der Waals surface area contributed by atoms with E-state index in [1.165, 1.54) is 19.3 Å². The van der Waals surface area contributed by atoms with E-state index in [-0.39, 0.29) is 6.61 Å². The fourth-order valence-corrected chi connectivity index (χ4v) is 2.01. The summed E-state index contributed by atoms with van der Waals surface area (Å²) in [6, 6.07) is 4.42. The van der Waals surface area contributed by atoms with Crippen LogP contribution in [0.15, 0.2) is 18.3 Å². The fourth-order valence-electron chi connectivity index (χ4n) is 2.01. The van der Waals surface area contributed by atoms with E-state index in [2.05, 4.69) is 15.3 Å². The van der Waals surface area contributed by atoms with Crippen molar-refractivity contribution in [2.45, 2.75) is 25.3 Å². The molecule has 2 rings (SSSR count). The lowest BCUT2D eigenvalue weighted by Crippen LogP contribution is -2.42. The highest BCUT2D eigenvalue weighted by Crippen LogP contribution is 2.29. The normalized spacial score (nSPS) is 15.6. The Labute approximate surface area is 95.2 Å². The number of aromatic nitrogens is 1. The molecule has 1 aromatic heterocycles. The first-order valence-electron chi connectivity index (χ1n) is 5.65. The molecule has 0 unspecified atom stereocenters. The molecule has 88 valence electrons. The third kappa shape index (κ3) is 2.25. The van der Waals surface area contributed by atoms with E-state index in [1.54, 1.807) is 6.20 Å². The predicted octanol–water partition coefficient (Wildman–Crippen LogP) is 0.718. The molecule has 0 aliphatic heterocycles. The van der Waals surface area contributed by atoms with Crippen LogP contribution in [-0.2, 0) is 0 Å². The monoisotopic (exact) mass is 222 g/mol. The maximum Gasteiger partial charge on any atom is 0.141 e. The standard InChI is InChI=1S/C11H18N4O/c12-14-11-8-10(4-5-13-11)15(6-7-16)9-2-1-3-9/h4-5,8-9,16H,1-3,6-7,12H2,(H,13,14). The molecule has 4 N–H and O–H groups in total. The molecular formula is C11H18N4O. The van der Waals surface area contributed by atoms with Gasteiger partial charge in [0.2, 0.25) is 0 Å². The van der Waals surface area contributed by atoms with E-state index in [0.29, 0.717) is 18.4 Å². The summed E-state index contributed by atoms with van der Waals surface area (Å²) in [7, 11) is 0.